The largest absolute Gasteiger partial charge is 0.472 e. The molecule has 1 aliphatic heterocycles. The van der Waals surface area contributed by atoms with E-state index >= 15 is 0 Å². The SMILES string of the molecule is CC(C)Oc1nccnc1N1CCC(N(C)C)CC1. The minimum Gasteiger partial charge on any atom is -0.472 e. The summed E-state index contributed by atoms with van der Waals surface area (Å²) in [4.78, 5) is 13.3. The summed E-state index contributed by atoms with van der Waals surface area (Å²) in [5.41, 5.74) is 0. The van der Waals surface area contributed by atoms with Crippen LogP contribution in [0.1, 0.15) is 26.7 Å². The summed E-state index contributed by atoms with van der Waals surface area (Å²) >= 11 is 0. The van der Waals surface area contributed by atoms with Crippen molar-refractivity contribution in [3.63, 3.8) is 0 Å². The monoisotopic (exact) mass is 264 g/mol. The number of aromatic nitrogens is 2. The Morgan fingerprint density at radius 2 is 1.84 bits per heavy atom. The van der Waals surface area contributed by atoms with Crippen molar-refractivity contribution in [2.24, 2.45) is 0 Å². The fourth-order valence-electron chi connectivity index (χ4n) is 2.44. The van der Waals surface area contributed by atoms with Crippen LogP contribution in [0.2, 0.25) is 0 Å². The molecular weight excluding hydrogens is 240 g/mol. The lowest BCUT2D eigenvalue weighted by Crippen LogP contribution is -2.42. The van der Waals surface area contributed by atoms with E-state index in [1.807, 2.05) is 13.8 Å². The van der Waals surface area contributed by atoms with Crippen LogP contribution in [0.25, 0.3) is 0 Å². The normalized spacial score (nSPS) is 17.3. The summed E-state index contributed by atoms with van der Waals surface area (Å²) in [5, 5.41) is 0. The Morgan fingerprint density at radius 3 is 2.42 bits per heavy atom. The predicted octanol–water partition coefficient (Wildman–Crippen LogP) is 1.79. The van der Waals surface area contributed by atoms with Crippen LogP contribution in [0, 0.1) is 0 Å². The molecule has 0 spiro atoms. The maximum absolute atomic E-state index is 5.75. The number of hydrogen-bond donors (Lipinski definition) is 0. The van der Waals surface area contributed by atoms with Gasteiger partial charge in [-0.15, -0.1) is 0 Å². The van der Waals surface area contributed by atoms with Crippen LogP contribution in [0.4, 0.5) is 5.82 Å². The predicted molar refractivity (Wildman–Crippen MR) is 76.7 cm³/mol. The highest BCUT2D eigenvalue weighted by Crippen LogP contribution is 2.27. The fourth-order valence-corrected chi connectivity index (χ4v) is 2.44. The van der Waals surface area contributed by atoms with Gasteiger partial charge in [0.15, 0.2) is 5.82 Å². The second-order valence-electron chi connectivity index (χ2n) is 5.53. The van der Waals surface area contributed by atoms with Gasteiger partial charge in [-0.3, -0.25) is 0 Å². The molecule has 2 rings (SSSR count). The molecule has 0 atom stereocenters. The van der Waals surface area contributed by atoms with Crippen LogP contribution in [-0.2, 0) is 0 Å². The first-order chi connectivity index (χ1) is 9.08. The van der Waals surface area contributed by atoms with Crippen molar-refractivity contribution in [3.8, 4) is 5.88 Å². The van der Waals surface area contributed by atoms with Crippen LogP contribution in [0.15, 0.2) is 12.4 Å². The average Bonchev–Trinajstić information content (AvgIpc) is 2.39. The van der Waals surface area contributed by atoms with E-state index in [0.717, 1.165) is 31.7 Å². The molecule has 19 heavy (non-hydrogen) atoms. The van der Waals surface area contributed by atoms with Crippen molar-refractivity contribution in [2.45, 2.75) is 38.8 Å². The molecule has 0 saturated carbocycles. The van der Waals surface area contributed by atoms with Crippen molar-refractivity contribution < 1.29 is 4.74 Å². The van der Waals surface area contributed by atoms with Gasteiger partial charge in [0.2, 0.25) is 0 Å². The van der Waals surface area contributed by atoms with Crippen molar-refractivity contribution >= 4 is 5.82 Å². The molecule has 5 heteroatoms. The molecule has 0 bridgehead atoms. The highest BCUT2D eigenvalue weighted by atomic mass is 16.5. The summed E-state index contributed by atoms with van der Waals surface area (Å²) in [5.74, 6) is 1.54. The van der Waals surface area contributed by atoms with Crippen molar-refractivity contribution in [1.82, 2.24) is 14.9 Å². The lowest BCUT2D eigenvalue weighted by Gasteiger charge is -2.36. The minimum atomic E-state index is 0.120. The van der Waals surface area contributed by atoms with Crippen LogP contribution in [-0.4, -0.2) is 54.2 Å². The summed E-state index contributed by atoms with van der Waals surface area (Å²) in [7, 11) is 4.30. The number of rotatable bonds is 4. The molecule has 2 heterocycles. The Hall–Kier alpha value is -1.36. The van der Waals surface area contributed by atoms with Gasteiger partial charge in [0.25, 0.3) is 5.88 Å². The van der Waals surface area contributed by atoms with E-state index in [-0.39, 0.29) is 6.10 Å². The second kappa shape index (κ2) is 6.19. The Labute approximate surface area is 115 Å². The van der Waals surface area contributed by atoms with Crippen molar-refractivity contribution in [1.29, 1.82) is 0 Å². The summed E-state index contributed by atoms with van der Waals surface area (Å²) in [6, 6.07) is 0.669. The Balaban J connectivity index is 2.06. The summed E-state index contributed by atoms with van der Waals surface area (Å²) < 4.78 is 5.75. The lowest BCUT2D eigenvalue weighted by atomic mass is 10.0. The summed E-state index contributed by atoms with van der Waals surface area (Å²) in [6.45, 7) is 6.04. The van der Waals surface area contributed by atoms with E-state index in [9.17, 15) is 0 Å². The third-order valence-corrected chi connectivity index (χ3v) is 3.49. The molecule has 0 aliphatic carbocycles. The number of anilines is 1. The second-order valence-corrected chi connectivity index (χ2v) is 5.53. The Bertz CT molecular complexity index is 400. The fraction of sp³-hybridized carbons (Fsp3) is 0.714. The van der Waals surface area contributed by atoms with Gasteiger partial charge in [-0.1, -0.05) is 0 Å². The van der Waals surface area contributed by atoms with Gasteiger partial charge in [-0.25, -0.2) is 9.97 Å². The maximum Gasteiger partial charge on any atom is 0.257 e. The first-order valence-electron chi connectivity index (χ1n) is 6.97. The number of nitrogens with zero attached hydrogens (tertiary/aromatic N) is 4. The van der Waals surface area contributed by atoms with Gasteiger partial charge in [0, 0.05) is 31.5 Å². The standard InChI is InChI=1S/C14H24N4O/c1-11(2)19-14-13(15-7-8-16-14)18-9-5-12(6-10-18)17(3)4/h7-8,11-12H,5-6,9-10H2,1-4H3. The lowest BCUT2D eigenvalue weighted by molar-refractivity contribution is 0.228. The number of hydrogen-bond acceptors (Lipinski definition) is 5. The summed E-state index contributed by atoms with van der Waals surface area (Å²) in [6.07, 6.45) is 5.86. The number of ether oxygens (including phenoxy) is 1. The van der Waals surface area contributed by atoms with E-state index in [2.05, 4.69) is 33.9 Å². The van der Waals surface area contributed by atoms with Gasteiger partial charge >= 0.3 is 0 Å². The van der Waals surface area contributed by atoms with Crippen molar-refractivity contribution in [2.75, 3.05) is 32.1 Å². The molecule has 5 nitrogen and oxygen atoms in total. The first kappa shape index (κ1) is 14.1. The Kier molecular flexibility index (Phi) is 4.58. The molecule has 0 radical (unpaired) electrons. The first-order valence-corrected chi connectivity index (χ1v) is 6.97. The van der Waals surface area contributed by atoms with E-state index in [4.69, 9.17) is 4.74 Å². The molecule has 1 aliphatic rings. The zero-order valence-electron chi connectivity index (χ0n) is 12.3. The van der Waals surface area contributed by atoms with Crippen LogP contribution >= 0.6 is 0 Å². The van der Waals surface area contributed by atoms with E-state index in [0.29, 0.717) is 11.9 Å². The molecule has 1 saturated heterocycles. The maximum atomic E-state index is 5.75. The zero-order valence-corrected chi connectivity index (χ0v) is 12.3. The van der Waals surface area contributed by atoms with E-state index < -0.39 is 0 Å². The minimum absolute atomic E-state index is 0.120. The van der Waals surface area contributed by atoms with Gasteiger partial charge in [0.05, 0.1) is 6.10 Å². The Morgan fingerprint density at radius 1 is 1.21 bits per heavy atom. The molecule has 0 unspecified atom stereocenters. The van der Waals surface area contributed by atoms with Crippen LogP contribution < -0.4 is 9.64 Å². The van der Waals surface area contributed by atoms with Gasteiger partial charge in [0.1, 0.15) is 0 Å². The third-order valence-electron chi connectivity index (χ3n) is 3.49. The quantitative estimate of drug-likeness (QED) is 0.829. The molecule has 0 aromatic carbocycles. The molecule has 1 aromatic rings. The van der Waals surface area contributed by atoms with Crippen LogP contribution in [0.3, 0.4) is 0 Å². The molecule has 0 amide bonds. The highest BCUT2D eigenvalue weighted by Gasteiger charge is 2.24. The average molecular weight is 264 g/mol. The number of piperidine rings is 1. The van der Waals surface area contributed by atoms with Crippen LogP contribution in [0.5, 0.6) is 5.88 Å². The molecule has 0 N–H and O–H groups in total. The molecular formula is C14H24N4O. The highest BCUT2D eigenvalue weighted by molar-refractivity contribution is 5.48. The topological polar surface area (TPSA) is 41.5 Å². The van der Waals surface area contributed by atoms with Gasteiger partial charge in [-0.05, 0) is 40.8 Å². The molecule has 106 valence electrons. The van der Waals surface area contributed by atoms with E-state index in [1.165, 1.54) is 0 Å². The van der Waals surface area contributed by atoms with Gasteiger partial charge < -0.3 is 14.5 Å². The molecule has 1 aromatic heterocycles. The van der Waals surface area contributed by atoms with Crippen molar-refractivity contribution in [3.05, 3.63) is 12.4 Å². The smallest absolute Gasteiger partial charge is 0.257 e. The zero-order chi connectivity index (χ0) is 13.8. The molecule has 1 fully saturated rings. The van der Waals surface area contributed by atoms with E-state index in [1.54, 1.807) is 12.4 Å². The third kappa shape index (κ3) is 3.56. The van der Waals surface area contributed by atoms with Gasteiger partial charge in [-0.2, -0.15) is 0 Å².